The van der Waals surface area contributed by atoms with Gasteiger partial charge in [-0.05, 0) is 34.0 Å². The van der Waals surface area contributed by atoms with Gasteiger partial charge in [-0.15, -0.1) is 0 Å². The summed E-state index contributed by atoms with van der Waals surface area (Å²) in [7, 11) is 4.22. The fourth-order valence-corrected chi connectivity index (χ4v) is 1.60. The van der Waals surface area contributed by atoms with Gasteiger partial charge in [0.25, 0.3) is 0 Å². The minimum atomic E-state index is 0.714. The maximum Gasteiger partial charge on any atom is 0.0110 e. The maximum atomic E-state index is 3.48. The van der Waals surface area contributed by atoms with Crippen molar-refractivity contribution in [2.75, 3.05) is 46.8 Å². The molecule has 0 heterocycles. The first-order valence-electron chi connectivity index (χ1n) is 6.21. The molecule has 0 amide bonds. The first kappa shape index (κ1) is 14.9. The van der Waals surface area contributed by atoms with E-state index in [-0.39, 0.29) is 0 Å². The van der Waals surface area contributed by atoms with Crippen LogP contribution in [-0.2, 0) is 0 Å². The number of nitrogens with zero attached hydrogens (tertiary/aromatic N) is 2. The van der Waals surface area contributed by atoms with Crippen molar-refractivity contribution < 1.29 is 0 Å². The highest BCUT2D eigenvalue weighted by Gasteiger charge is 2.08. The molecule has 0 aliphatic rings. The summed E-state index contributed by atoms with van der Waals surface area (Å²) < 4.78 is 0. The molecule has 0 fully saturated rings. The number of hydrogen-bond acceptors (Lipinski definition) is 3. The molecule has 0 aromatic heterocycles. The van der Waals surface area contributed by atoms with Crippen molar-refractivity contribution in [3.8, 4) is 0 Å². The fourth-order valence-electron chi connectivity index (χ4n) is 1.60. The third-order valence-electron chi connectivity index (χ3n) is 2.93. The number of nitrogens with one attached hydrogen (secondary N) is 1. The highest BCUT2D eigenvalue weighted by atomic mass is 15.2. The van der Waals surface area contributed by atoms with Gasteiger partial charge in [-0.2, -0.15) is 0 Å². The number of likely N-dealkylation sites (N-methyl/N-ethyl adjacent to an activating group) is 2. The normalized spacial score (nSPS) is 13.8. The quantitative estimate of drug-likeness (QED) is 0.584. The van der Waals surface area contributed by atoms with Crippen molar-refractivity contribution in [3.05, 3.63) is 0 Å². The van der Waals surface area contributed by atoms with Crippen LogP contribution in [0.2, 0.25) is 0 Å². The minimum Gasteiger partial charge on any atom is -0.314 e. The Morgan fingerprint density at radius 3 is 2.13 bits per heavy atom. The molecule has 0 bridgehead atoms. The van der Waals surface area contributed by atoms with E-state index in [4.69, 9.17) is 0 Å². The topological polar surface area (TPSA) is 18.5 Å². The molecule has 0 radical (unpaired) electrons. The summed E-state index contributed by atoms with van der Waals surface area (Å²) in [6.07, 6.45) is 1.24. The Bertz CT molecular complexity index is 137. The Morgan fingerprint density at radius 2 is 1.67 bits per heavy atom. The van der Waals surface area contributed by atoms with E-state index in [9.17, 15) is 0 Å². The summed E-state index contributed by atoms with van der Waals surface area (Å²) in [6.45, 7) is 12.4. The van der Waals surface area contributed by atoms with E-state index >= 15 is 0 Å². The van der Waals surface area contributed by atoms with Crippen molar-refractivity contribution >= 4 is 0 Å². The summed E-state index contributed by atoms with van der Waals surface area (Å²) in [5.41, 5.74) is 0. The van der Waals surface area contributed by atoms with Crippen LogP contribution in [0.3, 0.4) is 0 Å². The van der Waals surface area contributed by atoms with Crippen LogP contribution in [-0.4, -0.2) is 62.7 Å². The van der Waals surface area contributed by atoms with Gasteiger partial charge in [-0.3, -0.25) is 4.90 Å². The van der Waals surface area contributed by atoms with E-state index in [1.54, 1.807) is 0 Å². The van der Waals surface area contributed by atoms with E-state index in [0.717, 1.165) is 26.2 Å². The molecule has 0 aromatic carbocycles. The number of hydrogen-bond donors (Lipinski definition) is 1. The van der Waals surface area contributed by atoms with Gasteiger partial charge in [0.2, 0.25) is 0 Å². The smallest absolute Gasteiger partial charge is 0.0110 e. The van der Waals surface area contributed by atoms with Crippen LogP contribution in [0, 0.1) is 0 Å². The van der Waals surface area contributed by atoms with Crippen LogP contribution in [0.4, 0.5) is 0 Å². The van der Waals surface area contributed by atoms with Crippen molar-refractivity contribution in [2.24, 2.45) is 0 Å². The zero-order valence-corrected chi connectivity index (χ0v) is 11.2. The van der Waals surface area contributed by atoms with Crippen molar-refractivity contribution in [2.45, 2.75) is 33.2 Å². The highest BCUT2D eigenvalue weighted by Crippen LogP contribution is 2.01. The monoisotopic (exact) mass is 215 g/mol. The van der Waals surface area contributed by atoms with Gasteiger partial charge in [-0.1, -0.05) is 13.8 Å². The van der Waals surface area contributed by atoms with Gasteiger partial charge in [-0.25, -0.2) is 0 Å². The summed E-state index contributed by atoms with van der Waals surface area (Å²) in [4.78, 5) is 4.74. The molecule has 0 aliphatic heterocycles. The molecule has 0 saturated heterocycles. The zero-order valence-electron chi connectivity index (χ0n) is 11.2. The predicted molar refractivity (Wildman–Crippen MR) is 68.4 cm³/mol. The van der Waals surface area contributed by atoms with Crippen LogP contribution < -0.4 is 5.32 Å². The van der Waals surface area contributed by atoms with Crippen LogP contribution >= 0.6 is 0 Å². The predicted octanol–water partition coefficient (Wildman–Crippen LogP) is 1.26. The first-order valence-corrected chi connectivity index (χ1v) is 6.21. The van der Waals surface area contributed by atoms with Crippen molar-refractivity contribution in [1.82, 2.24) is 15.1 Å². The Balaban J connectivity index is 3.46. The van der Waals surface area contributed by atoms with Gasteiger partial charge in [0, 0.05) is 32.2 Å². The largest absolute Gasteiger partial charge is 0.314 e. The van der Waals surface area contributed by atoms with Crippen LogP contribution in [0.15, 0.2) is 0 Å². The molecule has 3 heteroatoms. The average molecular weight is 215 g/mol. The summed E-state index contributed by atoms with van der Waals surface area (Å²) >= 11 is 0. The minimum absolute atomic E-state index is 0.714. The Kier molecular flexibility index (Phi) is 9.06. The zero-order chi connectivity index (χ0) is 11.7. The molecular weight excluding hydrogens is 186 g/mol. The van der Waals surface area contributed by atoms with Gasteiger partial charge in [0.05, 0.1) is 0 Å². The lowest BCUT2D eigenvalue weighted by molar-refractivity contribution is 0.214. The molecule has 0 aliphatic carbocycles. The lowest BCUT2D eigenvalue weighted by atomic mass is 10.2. The highest BCUT2D eigenvalue weighted by molar-refractivity contribution is 4.65. The Labute approximate surface area is 95.8 Å². The van der Waals surface area contributed by atoms with Gasteiger partial charge in [0.15, 0.2) is 0 Å². The van der Waals surface area contributed by atoms with Gasteiger partial charge in [0.1, 0.15) is 0 Å². The van der Waals surface area contributed by atoms with E-state index in [1.165, 1.54) is 13.0 Å². The van der Waals surface area contributed by atoms with E-state index < -0.39 is 0 Å². The second kappa shape index (κ2) is 9.13. The Hall–Kier alpha value is -0.120. The third kappa shape index (κ3) is 7.77. The van der Waals surface area contributed by atoms with Crippen LogP contribution in [0.5, 0.6) is 0 Å². The third-order valence-corrected chi connectivity index (χ3v) is 2.93. The molecule has 1 N–H and O–H groups in total. The molecule has 3 nitrogen and oxygen atoms in total. The Morgan fingerprint density at radius 1 is 1.07 bits per heavy atom. The van der Waals surface area contributed by atoms with E-state index in [2.05, 4.69) is 50.0 Å². The summed E-state index contributed by atoms with van der Waals surface area (Å²) in [5, 5.41) is 3.48. The summed E-state index contributed by atoms with van der Waals surface area (Å²) in [5.74, 6) is 0. The fraction of sp³-hybridized carbons (Fsp3) is 1.00. The molecule has 0 saturated carbocycles. The second-order valence-corrected chi connectivity index (χ2v) is 4.44. The lowest BCUT2D eigenvalue weighted by Crippen LogP contribution is -2.39. The average Bonchev–Trinajstić information content (AvgIpc) is 2.22. The first-order chi connectivity index (χ1) is 7.11. The molecule has 1 atom stereocenters. The molecule has 0 spiro atoms. The summed E-state index contributed by atoms with van der Waals surface area (Å²) in [6, 6.07) is 0.714. The molecule has 92 valence electrons. The lowest BCUT2D eigenvalue weighted by Gasteiger charge is -2.27. The molecule has 15 heavy (non-hydrogen) atoms. The molecule has 1 unspecified atom stereocenters. The van der Waals surface area contributed by atoms with Crippen molar-refractivity contribution in [3.63, 3.8) is 0 Å². The van der Waals surface area contributed by atoms with Gasteiger partial charge < -0.3 is 10.2 Å². The molecule has 0 rings (SSSR count). The van der Waals surface area contributed by atoms with Crippen molar-refractivity contribution in [1.29, 1.82) is 0 Å². The maximum absolute atomic E-state index is 3.48. The SMILES string of the molecule is CCC(C)N(CC)CCNCCN(C)C. The van der Waals surface area contributed by atoms with E-state index in [1.807, 2.05) is 0 Å². The van der Waals surface area contributed by atoms with Crippen LogP contribution in [0.1, 0.15) is 27.2 Å². The molecule has 0 aromatic rings. The molecular formula is C12H29N3. The van der Waals surface area contributed by atoms with Crippen LogP contribution in [0.25, 0.3) is 0 Å². The standard InChI is InChI=1S/C12H29N3/c1-6-12(3)15(7-2)11-9-13-8-10-14(4)5/h12-13H,6-11H2,1-5H3. The second-order valence-electron chi connectivity index (χ2n) is 4.44. The number of rotatable bonds is 9. The van der Waals surface area contributed by atoms with E-state index in [0.29, 0.717) is 6.04 Å². The van der Waals surface area contributed by atoms with Gasteiger partial charge >= 0.3 is 0 Å².